The molecule has 4 heteroatoms. The van der Waals surface area contributed by atoms with E-state index in [4.69, 9.17) is 10.2 Å². The van der Waals surface area contributed by atoms with E-state index in [0.717, 1.165) is 6.42 Å². The quantitative estimate of drug-likeness (QED) is 0.684. The van der Waals surface area contributed by atoms with Gasteiger partial charge in [0.25, 0.3) is 0 Å². The largest absolute Gasteiger partial charge is 0.478 e. The van der Waals surface area contributed by atoms with Gasteiger partial charge in [0.2, 0.25) is 0 Å². The third kappa shape index (κ3) is 10.4. The van der Waals surface area contributed by atoms with Gasteiger partial charge in [-0.15, -0.1) is 0 Å². The molecule has 80 valence electrons. The van der Waals surface area contributed by atoms with Gasteiger partial charge in [0.05, 0.1) is 0 Å². The number of carbonyl (C=O) groups is 2. The molecule has 0 unspecified atom stereocenters. The van der Waals surface area contributed by atoms with Crippen LogP contribution < -0.4 is 0 Å². The highest BCUT2D eigenvalue weighted by atomic mass is 16.4. The molecule has 0 fully saturated rings. The van der Waals surface area contributed by atoms with Crippen molar-refractivity contribution in [2.45, 2.75) is 27.2 Å². The Kier molecular flexibility index (Phi) is 8.57. The zero-order valence-corrected chi connectivity index (χ0v) is 8.70. The van der Waals surface area contributed by atoms with Crippen LogP contribution in [0.3, 0.4) is 0 Å². The lowest BCUT2D eigenvalue weighted by molar-refractivity contribution is -0.133. The number of hydrogen-bond donors (Lipinski definition) is 2. The van der Waals surface area contributed by atoms with E-state index in [2.05, 4.69) is 6.58 Å². The minimum absolute atomic E-state index is 0.176. The molecule has 0 amide bonds. The minimum atomic E-state index is -0.935. The van der Waals surface area contributed by atoms with Crippen LogP contribution in [0.1, 0.15) is 27.2 Å². The van der Waals surface area contributed by atoms with E-state index in [-0.39, 0.29) is 5.57 Å². The number of allylic oxidation sites excluding steroid dienone is 1. The van der Waals surface area contributed by atoms with Crippen molar-refractivity contribution in [2.24, 2.45) is 0 Å². The first-order chi connectivity index (χ1) is 6.32. The molecule has 0 aromatic heterocycles. The van der Waals surface area contributed by atoms with Crippen molar-refractivity contribution in [3.05, 3.63) is 23.8 Å². The molecule has 14 heavy (non-hydrogen) atoms. The van der Waals surface area contributed by atoms with Gasteiger partial charge in [-0.2, -0.15) is 0 Å². The Morgan fingerprint density at radius 3 is 1.64 bits per heavy atom. The van der Waals surface area contributed by atoms with Gasteiger partial charge >= 0.3 is 11.9 Å². The predicted octanol–water partition coefficient (Wildman–Crippen LogP) is 2.07. The molecule has 0 saturated carbocycles. The molecule has 0 bridgehead atoms. The van der Waals surface area contributed by atoms with Crippen LogP contribution in [-0.2, 0) is 9.59 Å². The summed E-state index contributed by atoms with van der Waals surface area (Å²) in [6, 6.07) is 0. The van der Waals surface area contributed by atoms with Gasteiger partial charge in [-0.25, -0.2) is 9.59 Å². The van der Waals surface area contributed by atoms with Crippen LogP contribution in [0.5, 0.6) is 0 Å². The number of carboxylic acid groups (broad SMARTS) is 2. The van der Waals surface area contributed by atoms with Gasteiger partial charge in [-0.3, -0.25) is 0 Å². The van der Waals surface area contributed by atoms with Crippen LogP contribution >= 0.6 is 0 Å². The molecule has 0 saturated heterocycles. The minimum Gasteiger partial charge on any atom is -0.478 e. The second-order valence-electron chi connectivity index (χ2n) is 2.69. The molecular formula is C10H16O4. The first kappa shape index (κ1) is 14.9. The van der Waals surface area contributed by atoms with E-state index in [1.54, 1.807) is 13.0 Å². The summed E-state index contributed by atoms with van der Waals surface area (Å²) >= 11 is 0. The monoisotopic (exact) mass is 200 g/mol. The molecule has 0 spiro atoms. The predicted molar refractivity (Wildman–Crippen MR) is 54.1 cm³/mol. The van der Waals surface area contributed by atoms with E-state index in [1.807, 2.05) is 6.92 Å². The Bertz CT molecular complexity index is 239. The van der Waals surface area contributed by atoms with Crippen LogP contribution in [0.2, 0.25) is 0 Å². The topological polar surface area (TPSA) is 74.6 Å². The third-order valence-corrected chi connectivity index (χ3v) is 1.21. The molecule has 0 rings (SSSR count). The Hall–Kier alpha value is -1.58. The van der Waals surface area contributed by atoms with Crippen molar-refractivity contribution >= 4 is 11.9 Å². The molecule has 0 aliphatic heterocycles. The molecule has 0 aromatic carbocycles. The first-order valence-electron chi connectivity index (χ1n) is 4.11. The van der Waals surface area contributed by atoms with E-state index >= 15 is 0 Å². The zero-order chi connectivity index (χ0) is 11.7. The van der Waals surface area contributed by atoms with Crippen molar-refractivity contribution in [3.8, 4) is 0 Å². The molecule has 4 nitrogen and oxygen atoms in total. The van der Waals surface area contributed by atoms with Gasteiger partial charge in [-0.05, 0) is 20.3 Å². The van der Waals surface area contributed by atoms with E-state index in [9.17, 15) is 9.59 Å². The molecular weight excluding hydrogens is 184 g/mol. The second kappa shape index (κ2) is 8.04. The van der Waals surface area contributed by atoms with Crippen LogP contribution in [0.25, 0.3) is 0 Å². The average Bonchev–Trinajstić information content (AvgIpc) is 2.05. The lowest BCUT2D eigenvalue weighted by atomic mass is 10.2. The van der Waals surface area contributed by atoms with Crippen LogP contribution in [-0.4, -0.2) is 22.2 Å². The number of hydrogen-bond acceptors (Lipinski definition) is 2. The Labute approximate surface area is 83.6 Å². The summed E-state index contributed by atoms with van der Waals surface area (Å²) < 4.78 is 0. The van der Waals surface area contributed by atoms with Gasteiger partial charge in [0.1, 0.15) is 0 Å². The molecule has 0 aliphatic rings. The summed E-state index contributed by atoms with van der Waals surface area (Å²) in [5, 5.41) is 16.1. The van der Waals surface area contributed by atoms with Crippen LogP contribution in [0, 0.1) is 0 Å². The fraction of sp³-hybridized carbons (Fsp3) is 0.400. The highest BCUT2D eigenvalue weighted by molar-refractivity contribution is 5.85. The van der Waals surface area contributed by atoms with Crippen molar-refractivity contribution in [3.63, 3.8) is 0 Å². The fourth-order valence-electron chi connectivity index (χ4n) is 0.393. The summed E-state index contributed by atoms with van der Waals surface area (Å²) in [6.45, 7) is 8.10. The zero-order valence-electron chi connectivity index (χ0n) is 8.70. The van der Waals surface area contributed by atoms with Gasteiger partial charge in [0, 0.05) is 11.1 Å². The summed E-state index contributed by atoms with van der Waals surface area (Å²) in [7, 11) is 0. The number of rotatable bonds is 3. The summed E-state index contributed by atoms with van der Waals surface area (Å²) in [5.74, 6) is -1.76. The molecule has 2 N–H and O–H groups in total. The third-order valence-electron chi connectivity index (χ3n) is 1.21. The maximum atomic E-state index is 10.0. The fourth-order valence-corrected chi connectivity index (χ4v) is 0.393. The standard InChI is InChI=1S/C6H10O2.C4H6O2/c1-3-4-5(2)6(7)8;1-3(2)4(5)6/h4H,3H2,1-2H3,(H,7,8);1H2,2H3,(H,5,6)/b5-4+;. The molecule has 0 heterocycles. The maximum Gasteiger partial charge on any atom is 0.330 e. The molecule has 0 aromatic rings. The number of aliphatic carboxylic acids is 2. The summed E-state index contributed by atoms with van der Waals surface area (Å²) in [5.41, 5.74) is 0.600. The summed E-state index contributed by atoms with van der Waals surface area (Å²) in [4.78, 5) is 19.6. The Morgan fingerprint density at radius 1 is 1.21 bits per heavy atom. The highest BCUT2D eigenvalue weighted by Gasteiger charge is 1.95. The van der Waals surface area contributed by atoms with E-state index < -0.39 is 11.9 Å². The lowest BCUT2D eigenvalue weighted by Crippen LogP contribution is -1.94. The average molecular weight is 200 g/mol. The second-order valence-corrected chi connectivity index (χ2v) is 2.69. The van der Waals surface area contributed by atoms with Crippen molar-refractivity contribution in [2.75, 3.05) is 0 Å². The Balaban J connectivity index is 0. The SMILES string of the molecule is C=C(C)C(=O)O.CC/C=C(\C)C(=O)O. The smallest absolute Gasteiger partial charge is 0.330 e. The molecule has 0 aliphatic carbocycles. The summed E-state index contributed by atoms with van der Waals surface area (Å²) in [6.07, 6.45) is 2.47. The Morgan fingerprint density at radius 2 is 1.57 bits per heavy atom. The van der Waals surface area contributed by atoms with Gasteiger partial charge < -0.3 is 10.2 Å². The highest BCUT2D eigenvalue weighted by Crippen LogP contribution is 1.92. The van der Waals surface area contributed by atoms with E-state index in [0.29, 0.717) is 5.57 Å². The van der Waals surface area contributed by atoms with Gasteiger partial charge in [-0.1, -0.05) is 19.6 Å². The van der Waals surface area contributed by atoms with Crippen LogP contribution in [0.4, 0.5) is 0 Å². The first-order valence-corrected chi connectivity index (χ1v) is 4.11. The van der Waals surface area contributed by atoms with Crippen molar-refractivity contribution in [1.29, 1.82) is 0 Å². The molecule has 0 atom stereocenters. The molecule has 0 radical (unpaired) electrons. The van der Waals surface area contributed by atoms with Gasteiger partial charge in [0.15, 0.2) is 0 Å². The maximum absolute atomic E-state index is 10.0. The number of carboxylic acids is 2. The van der Waals surface area contributed by atoms with E-state index in [1.165, 1.54) is 6.92 Å². The lowest BCUT2D eigenvalue weighted by Gasteiger charge is -1.87. The van der Waals surface area contributed by atoms with Crippen LogP contribution in [0.15, 0.2) is 23.8 Å². The normalized spacial score (nSPS) is 9.79. The van der Waals surface area contributed by atoms with Crippen molar-refractivity contribution in [1.82, 2.24) is 0 Å². The van der Waals surface area contributed by atoms with Crippen molar-refractivity contribution < 1.29 is 19.8 Å².